The van der Waals surface area contributed by atoms with Crippen molar-refractivity contribution in [1.82, 2.24) is 0 Å². The number of rotatable bonds is 54. The summed E-state index contributed by atoms with van der Waals surface area (Å²) < 4.78 is 16.9. The van der Waals surface area contributed by atoms with Crippen molar-refractivity contribution < 1.29 is 28.6 Å². The molecule has 0 radical (unpaired) electrons. The molecule has 0 unspecified atom stereocenters. The highest BCUT2D eigenvalue weighted by atomic mass is 16.6. The van der Waals surface area contributed by atoms with Gasteiger partial charge in [-0.1, -0.05) is 277 Å². The summed E-state index contributed by atoms with van der Waals surface area (Å²) in [5, 5.41) is 0. The van der Waals surface area contributed by atoms with Gasteiger partial charge in [0, 0.05) is 19.3 Å². The molecule has 0 amide bonds. The molecule has 0 aromatic heterocycles. The van der Waals surface area contributed by atoms with Crippen LogP contribution in [0.1, 0.15) is 329 Å². The Balaban J connectivity index is 4.29. The van der Waals surface area contributed by atoms with E-state index in [1.165, 1.54) is 225 Å². The van der Waals surface area contributed by atoms with Crippen LogP contribution in [0.15, 0.2) is 12.2 Å². The van der Waals surface area contributed by atoms with Crippen molar-refractivity contribution in [3.63, 3.8) is 0 Å². The summed E-state index contributed by atoms with van der Waals surface area (Å²) in [5.41, 5.74) is 0. The molecule has 0 saturated heterocycles. The van der Waals surface area contributed by atoms with E-state index in [-0.39, 0.29) is 31.1 Å². The molecule has 0 N–H and O–H groups in total. The largest absolute Gasteiger partial charge is 0.462 e. The van der Waals surface area contributed by atoms with Gasteiger partial charge >= 0.3 is 17.9 Å². The van der Waals surface area contributed by atoms with Gasteiger partial charge in [-0.3, -0.25) is 14.4 Å². The predicted octanol–water partition coefficient (Wildman–Crippen LogP) is 19.3. The molecule has 6 heteroatoms. The molecule has 0 aromatic rings. The second-order valence-electron chi connectivity index (χ2n) is 19.9. The van der Waals surface area contributed by atoms with Gasteiger partial charge < -0.3 is 14.2 Å². The SMILES string of the molecule is CCCCCC/C=C\CCCCCCCC(=O)OC[C@H](COC(=O)CCCCCCCCCCCCCCCCCCCC)OC(=O)CCCCCCCCCCCCCCCCCC. The Morgan fingerprint density at radius 1 is 0.292 bits per heavy atom. The molecule has 65 heavy (non-hydrogen) atoms. The molecular formula is C59H112O6. The van der Waals surface area contributed by atoms with Crippen molar-refractivity contribution in [3.8, 4) is 0 Å². The first kappa shape index (κ1) is 63.1. The molecule has 0 fully saturated rings. The molecule has 0 rings (SSSR count). The standard InChI is InChI=1S/C59H112O6/c1-4-7-10-13-16-19-22-25-27-29-30-32-34-37-40-43-46-49-52-58(61)64-55-56(54-63-57(60)51-48-45-42-39-36-33-24-21-18-15-12-9-6-3)65-59(62)53-50-47-44-41-38-35-31-28-26-23-20-17-14-11-8-5-2/h21,24,56H,4-20,22-23,25-55H2,1-3H3/b24-21-/t56-/m1/s1. The first-order chi connectivity index (χ1) is 32.0. The summed E-state index contributed by atoms with van der Waals surface area (Å²) in [4.78, 5) is 38.1. The quantitative estimate of drug-likeness (QED) is 0.0262. The maximum atomic E-state index is 12.8. The third-order valence-electron chi connectivity index (χ3n) is 13.3. The van der Waals surface area contributed by atoms with E-state index in [0.29, 0.717) is 19.3 Å². The van der Waals surface area contributed by atoms with Crippen molar-refractivity contribution in [2.75, 3.05) is 13.2 Å². The number of esters is 3. The lowest BCUT2D eigenvalue weighted by Gasteiger charge is -2.18. The van der Waals surface area contributed by atoms with Crippen LogP contribution in [0.3, 0.4) is 0 Å². The van der Waals surface area contributed by atoms with Crippen molar-refractivity contribution >= 4 is 17.9 Å². The van der Waals surface area contributed by atoms with E-state index in [1.54, 1.807) is 0 Å². The summed E-state index contributed by atoms with van der Waals surface area (Å²) in [7, 11) is 0. The predicted molar refractivity (Wildman–Crippen MR) is 280 cm³/mol. The fourth-order valence-electron chi connectivity index (χ4n) is 8.85. The molecule has 384 valence electrons. The molecule has 0 aliphatic heterocycles. The van der Waals surface area contributed by atoms with Crippen LogP contribution >= 0.6 is 0 Å². The minimum atomic E-state index is -0.767. The molecule has 1 atom stereocenters. The highest BCUT2D eigenvalue weighted by Gasteiger charge is 2.19. The zero-order valence-electron chi connectivity index (χ0n) is 44.0. The molecule has 0 heterocycles. The molecule has 0 aromatic carbocycles. The smallest absolute Gasteiger partial charge is 0.306 e. The Labute approximate surface area is 405 Å². The van der Waals surface area contributed by atoms with Gasteiger partial charge in [0.2, 0.25) is 0 Å². The lowest BCUT2D eigenvalue weighted by atomic mass is 10.0. The maximum absolute atomic E-state index is 12.8. The van der Waals surface area contributed by atoms with E-state index < -0.39 is 6.10 Å². The Morgan fingerprint density at radius 2 is 0.508 bits per heavy atom. The third-order valence-corrected chi connectivity index (χ3v) is 13.3. The van der Waals surface area contributed by atoms with E-state index >= 15 is 0 Å². The lowest BCUT2D eigenvalue weighted by molar-refractivity contribution is -0.167. The Kier molecular flexibility index (Phi) is 53.2. The van der Waals surface area contributed by atoms with Crippen molar-refractivity contribution in [3.05, 3.63) is 12.2 Å². The Hall–Kier alpha value is -1.85. The van der Waals surface area contributed by atoms with Crippen molar-refractivity contribution in [1.29, 1.82) is 0 Å². The van der Waals surface area contributed by atoms with Gasteiger partial charge in [-0.05, 0) is 44.9 Å². The zero-order valence-corrected chi connectivity index (χ0v) is 44.0. The van der Waals surface area contributed by atoms with Crippen LogP contribution in [0, 0.1) is 0 Å². The van der Waals surface area contributed by atoms with E-state index in [4.69, 9.17) is 14.2 Å². The van der Waals surface area contributed by atoms with Gasteiger partial charge in [-0.2, -0.15) is 0 Å². The minimum Gasteiger partial charge on any atom is -0.462 e. The molecule has 0 bridgehead atoms. The summed E-state index contributed by atoms with van der Waals surface area (Å²) in [6, 6.07) is 0. The fraction of sp³-hybridized carbons (Fsp3) is 0.915. The normalized spacial score (nSPS) is 12.0. The Morgan fingerprint density at radius 3 is 0.785 bits per heavy atom. The highest BCUT2D eigenvalue weighted by molar-refractivity contribution is 5.71. The van der Waals surface area contributed by atoms with Crippen LogP contribution in [-0.4, -0.2) is 37.2 Å². The average molecular weight is 918 g/mol. The highest BCUT2D eigenvalue weighted by Crippen LogP contribution is 2.17. The van der Waals surface area contributed by atoms with Crippen LogP contribution < -0.4 is 0 Å². The summed E-state index contributed by atoms with van der Waals surface area (Å²) in [5.74, 6) is -0.851. The van der Waals surface area contributed by atoms with Crippen molar-refractivity contribution in [2.45, 2.75) is 335 Å². The fourth-order valence-corrected chi connectivity index (χ4v) is 8.85. The number of allylic oxidation sites excluding steroid dienone is 2. The average Bonchev–Trinajstić information content (AvgIpc) is 3.30. The zero-order chi connectivity index (χ0) is 47.2. The van der Waals surface area contributed by atoms with E-state index in [2.05, 4.69) is 32.9 Å². The van der Waals surface area contributed by atoms with Crippen LogP contribution in [0.4, 0.5) is 0 Å². The first-order valence-electron chi connectivity index (χ1n) is 29.2. The Bertz CT molecular complexity index is 1010. The summed E-state index contributed by atoms with van der Waals surface area (Å²) >= 11 is 0. The van der Waals surface area contributed by atoms with E-state index in [0.717, 1.165) is 64.2 Å². The first-order valence-corrected chi connectivity index (χ1v) is 29.2. The third kappa shape index (κ3) is 53.0. The molecule has 0 aliphatic rings. The van der Waals surface area contributed by atoms with Gasteiger partial charge in [0.25, 0.3) is 0 Å². The topological polar surface area (TPSA) is 78.9 Å². The molecular weight excluding hydrogens is 805 g/mol. The molecule has 0 spiro atoms. The van der Waals surface area contributed by atoms with Gasteiger partial charge in [-0.25, -0.2) is 0 Å². The van der Waals surface area contributed by atoms with Crippen LogP contribution in [-0.2, 0) is 28.6 Å². The van der Waals surface area contributed by atoms with Crippen molar-refractivity contribution in [2.24, 2.45) is 0 Å². The van der Waals surface area contributed by atoms with Gasteiger partial charge in [0.05, 0.1) is 0 Å². The number of carbonyl (C=O) groups is 3. The number of ether oxygens (including phenoxy) is 3. The number of hydrogen-bond acceptors (Lipinski definition) is 6. The monoisotopic (exact) mass is 917 g/mol. The van der Waals surface area contributed by atoms with E-state index in [1.807, 2.05) is 0 Å². The van der Waals surface area contributed by atoms with Gasteiger partial charge in [-0.15, -0.1) is 0 Å². The lowest BCUT2D eigenvalue weighted by Crippen LogP contribution is -2.30. The molecule has 0 saturated carbocycles. The summed E-state index contributed by atoms with van der Waals surface area (Å²) in [6.07, 6.45) is 62.0. The van der Waals surface area contributed by atoms with Gasteiger partial charge in [0.1, 0.15) is 13.2 Å². The second kappa shape index (κ2) is 54.8. The number of hydrogen-bond donors (Lipinski definition) is 0. The number of unbranched alkanes of at least 4 members (excludes halogenated alkanes) is 41. The minimum absolute atomic E-state index is 0.0664. The van der Waals surface area contributed by atoms with Crippen LogP contribution in [0.5, 0.6) is 0 Å². The second-order valence-corrected chi connectivity index (χ2v) is 19.9. The van der Waals surface area contributed by atoms with Crippen LogP contribution in [0.2, 0.25) is 0 Å². The van der Waals surface area contributed by atoms with E-state index in [9.17, 15) is 14.4 Å². The maximum Gasteiger partial charge on any atom is 0.306 e. The van der Waals surface area contributed by atoms with Crippen LogP contribution in [0.25, 0.3) is 0 Å². The molecule has 6 nitrogen and oxygen atoms in total. The van der Waals surface area contributed by atoms with Gasteiger partial charge in [0.15, 0.2) is 6.10 Å². The summed E-state index contributed by atoms with van der Waals surface area (Å²) in [6.45, 7) is 6.68. The number of carbonyl (C=O) groups excluding carboxylic acids is 3. The molecule has 0 aliphatic carbocycles.